The van der Waals surface area contributed by atoms with Gasteiger partial charge in [0, 0.05) is 26.3 Å². The lowest BCUT2D eigenvalue weighted by molar-refractivity contribution is 0.0240. The number of ether oxygens (including phenoxy) is 1. The van der Waals surface area contributed by atoms with Crippen molar-refractivity contribution in [3.63, 3.8) is 0 Å². The molecule has 2 rings (SSSR count). The highest BCUT2D eigenvalue weighted by atomic mass is 16.5. The van der Waals surface area contributed by atoms with Gasteiger partial charge in [-0.05, 0) is 29.4 Å². The van der Waals surface area contributed by atoms with Crippen LogP contribution in [0.15, 0.2) is 24.3 Å². The lowest BCUT2D eigenvalue weighted by atomic mass is 9.82. The van der Waals surface area contributed by atoms with Crippen molar-refractivity contribution in [1.82, 2.24) is 5.32 Å². The van der Waals surface area contributed by atoms with E-state index in [-0.39, 0.29) is 6.61 Å². The predicted octanol–water partition coefficient (Wildman–Crippen LogP) is 2.09. The Kier molecular flexibility index (Phi) is 4.75. The van der Waals surface area contributed by atoms with E-state index in [1.165, 1.54) is 5.56 Å². The topological polar surface area (TPSA) is 41.5 Å². The van der Waals surface area contributed by atoms with Crippen molar-refractivity contribution in [3.8, 4) is 0 Å². The van der Waals surface area contributed by atoms with Crippen LogP contribution in [-0.4, -0.2) is 24.9 Å². The first kappa shape index (κ1) is 13.5. The highest BCUT2D eigenvalue weighted by molar-refractivity contribution is 5.21. The Morgan fingerprint density at radius 1 is 1.17 bits per heavy atom. The number of hydrogen-bond acceptors (Lipinski definition) is 3. The van der Waals surface area contributed by atoms with Crippen LogP contribution in [0.2, 0.25) is 0 Å². The maximum atomic E-state index is 8.98. The second kappa shape index (κ2) is 6.32. The molecule has 100 valence electrons. The Labute approximate surface area is 109 Å². The molecule has 0 unspecified atom stereocenters. The third-order valence-electron chi connectivity index (χ3n) is 3.79. The van der Waals surface area contributed by atoms with E-state index >= 15 is 0 Å². The lowest BCUT2D eigenvalue weighted by Gasteiger charge is -2.33. The Morgan fingerprint density at radius 2 is 1.78 bits per heavy atom. The van der Waals surface area contributed by atoms with Crippen LogP contribution in [0.4, 0.5) is 0 Å². The summed E-state index contributed by atoms with van der Waals surface area (Å²) in [4.78, 5) is 0. The average Bonchev–Trinajstić information content (AvgIpc) is 2.40. The van der Waals surface area contributed by atoms with Crippen molar-refractivity contribution in [2.45, 2.75) is 32.9 Å². The smallest absolute Gasteiger partial charge is 0.0681 e. The van der Waals surface area contributed by atoms with Crippen LogP contribution in [-0.2, 0) is 17.9 Å². The van der Waals surface area contributed by atoms with Crippen LogP contribution in [0.1, 0.15) is 30.9 Å². The summed E-state index contributed by atoms with van der Waals surface area (Å²) in [6, 6.07) is 8.11. The van der Waals surface area contributed by atoms with Crippen molar-refractivity contribution in [1.29, 1.82) is 0 Å². The zero-order chi connectivity index (χ0) is 12.8. The van der Waals surface area contributed by atoms with Crippen LogP contribution in [0.3, 0.4) is 0 Å². The highest BCUT2D eigenvalue weighted by Gasteiger charge is 2.26. The molecule has 0 aliphatic carbocycles. The predicted molar refractivity (Wildman–Crippen MR) is 72.2 cm³/mol. The van der Waals surface area contributed by atoms with Crippen LogP contribution in [0, 0.1) is 5.41 Å². The summed E-state index contributed by atoms with van der Waals surface area (Å²) in [5, 5.41) is 12.5. The second-order valence-corrected chi connectivity index (χ2v) is 5.50. The van der Waals surface area contributed by atoms with Gasteiger partial charge in [0.15, 0.2) is 0 Å². The molecule has 0 atom stereocenters. The largest absolute Gasteiger partial charge is 0.392 e. The van der Waals surface area contributed by atoms with Gasteiger partial charge in [0.25, 0.3) is 0 Å². The third-order valence-corrected chi connectivity index (χ3v) is 3.79. The number of aliphatic hydroxyl groups is 1. The summed E-state index contributed by atoms with van der Waals surface area (Å²) in [6.07, 6.45) is 2.28. The molecule has 0 aromatic heterocycles. The zero-order valence-corrected chi connectivity index (χ0v) is 11.1. The molecule has 1 aliphatic rings. The minimum Gasteiger partial charge on any atom is -0.392 e. The van der Waals surface area contributed by atoms with E-state index in [4.69, 9.17) is 9.84 Å². The minimum atomic E-state index is 0.117. The fourth-order valence-corrected chi connectivity index (χ4v) is 2.31. The van der Waals surface area contributed by atoms with Crippen molar-refractivity contribution < 1.29 is 9.84 Å². The van der Waals surface area contributed by atoms with Gasteiger partial charge in [0.1, 0.15) is 0 Å². The molecular weight excluding hydrogens is 226 g/mol. The summed E-state index contributed by atoms with van der Waals surface area (Å²) in [5.74, 6) is 0. The molecule has 1 aromatic carbocycles. The quantitative estimate of drug-likeness (QED) is 0.839. The first-order valence-electron chi connectivity index (χ1n) is 6.69. The first-order chi connectivity index (χ1) is 8.72. The Bertz CT molecular complexity index is 355. The molecule has 3 nitrogen and oxygen atoms in total. The van der Waals surface area contributed by atoms with Gasteiger partial charge in [-0.15, -0.1) is 0 Å². The molecular formula is C15H23NO2. The second-order valence-electron chi connectivity index (χ2n) is 5.50. The molecule has 1 saturated heterocycles. The molecule has 0 radical (unpaired) electrons. The molecule has 0 spiro atoms. The van der Waals surface area contributed by atoms with E-state index in [1.807, 2.05) is 12.1 Å². The molecule has 1 heterocycles. The first-order valence-corrected chi connectivity index (χ1v) is 6.69. The van der Waals surface area contributed by atoms with Gasteiger partial charge in [0.2, 0.25) is 0 Å². The number of aliphatic hydroxyl groups excluding tert-OH is 1. The van der Waals surface area contributed by atoms with Crippen molar-refractivity contribution >= 4 is 0 Å². The summed E-state index contributed by atoms with van der Waals surface area (Å²) < 4.78 is 5.40. The minimum absolute atomic E-state index is 0.117. The Balaban J connectivity index is 1.77. The number of nitrogens with one attached hydrogen (secondary N) is 1. The summed E-state index contributed by atoms with van der Waals surface area (Å²) in [6.45, 7) is 6.16. The molecule has 3 heteroatoms. The van der Waals surface area contributed by atoms with Gasteiger partial charge < -0.3 is 15.2 Å². The van der Waals surface area contributed by atoms with E-state index in [1.54, 1.807) is 0 Å². The van der Waals surface area contributed by atoms with Crippen molar-refractivity contribution in [2.75, 3.05) is 19.8 Å². The number of rotatable bonds is 5. The number of hydrogen-bond donors (Lipinski definition) is 2. The van der Waals surface area contributed by atoms with E-state index in [0.717, 1.165) is 44.7 Å². The monoisotopic (exact) mass is 249 g/mol. The van der Waals surface area contributed by atoms with E-state index < -0.39 is 0 Å². The Hall–Kier alpha value is -0.900. The van der Waals surface area contributed by atoms with Gasteiger partial charge >= 0.3 is 0 Å². The van der Waals surface area contributed by atoms with Crippen LogP contribution in [0.5, 0.6) is 0 Å². The van der Waals surface area contributed by atoms with E-state index in [2.05, 4.69) is 24.4 Å². The van der Waals surface area contributed by atoms with Gasteiger partial charge in [-0.2, -0.15) is 0 Å². The fourth-order valence-electron chi connectivity index (χ4n) is 2.31. The lowest BCUT2D eigenvalue weighted by Crippen LogP contribution is -2.36. The molecule has 2 N–H and O–H groups in total. The summed E-state index contributed by atoms with van der Waals surface area (Å²) in [7, 11) is 0. The van der Waals surface area contributed by atoms with Crippen LogP contribution in [0.25, 0.3) is 0 Å². The van der Waals surface area contributed by atoms with Gasteiger partial charge in [0.05, 0.1) is 6.61 Å². The van der Waals surface area contributed by atoms with Crippen molar-refractivity contribution in [2.24, 2.45) is 5.41 Å². The summed E-state index contributed by atoms with van der Waals surface area (Å²) in [5.41, 5.74) is 2.61. The number of benzene rings is 1. The van der Waals surface area contributed by atoms with E-state index in [9.17, 15) is 0 Å². The average molecular weight is 249 g/mol. The molecule has 0 saturated carbocycles. The molecule has 1 aromatic rings. The molecule has 18 heavy (non-hydrogen) atoms. The Morgan fingerprint density at radius 3 is 2.39 bits per heavy atom. The molecule has 1 fully saturated rings. The van der Waals surface area contributed by atoms with Crippen molar-refractivity contribution in [3.05, 3.63) is 35.4 Å². The normalized spacial score (nSPS) is 18.8. The molecule has 1 aliphatic heterocycles. The van der Waals surface area contributed by atoms with Gasteiger partial charge in [-0.1, -0.05) is 31.2 Å². The maximum absolute atomic E-state index is 8.98. The standard InChI is InChI=1S/C15H23NO2/c1-15(6-8-18-9-7-15)12-16-10-13-2-4-14(11-17)5-3-13/h2-5,16-17H,6-12H2,1H3. The van der Waals surface area contributed by atoms with Crippen LogP contribution < -0.4 is 5.32 Å². The fraction of sp³-hybridized carbons (Fsp3) is 0.600. The van der Waals surface area contributed by atoms with Gasteiger partial charge in [-0.25, -0.2) is 0 Å². The van der Waals surface area contributed by atoms with E-state index in [0.29, 0.717) is 5.41 Å². The molecule has 0 amide bonds. The SMILES string of the molecule is CC1(CNCc2ccc(CO)cc2)CCOCC1. The zero-order valence-electron chi connectivity index (χ0n) is 11.1. The molecule has 0 bridgehead atoms. The summed E-state index contributed by atoms with van der Waals surface area (Å²) >= 11 is 0. The maximum Gasteiger partial charge on any atom is 0.0681 e. The highest BCUT2D eigenvalue weighted by Crippen LogP contribution is 2.28. The third kappa shape index (κ3) is 3.80. The van der Waals surface area contributed by atoms with Crippen LogP contribution >= 0.6 is 0 Å². The van der Waals surface area contributed by atoms with Gasteiger partial charge in [-0.3, -0.25) is 0 Å².